The number of carbonyl (C=O) groups excluding carboxylic acids is 2. The van der Waals surface area contributed by atoms with Crippen LogP contribution in [0.2, 0.25) is 0 Å². The molecule has 0 aliphatic rings. The van der Waals surface area contributed by atoms with Gasteiger partial charge in [-0.25, -0.2) is 4.68 Å². The number of nitrogens with zero attached hydrogens (tertiary/aromatic N) is 2. The second-order valence-electron chi connectivity index (χ2n) is 4.87. The molecule has 2 aromatic carbocycles. The number of amides is 2. The Morgan fingerprint density at radius 3 is 2.43 bits per heavy atom. The third-order valence-electron chi connectivity index (χ3n) is 3.31. The normalized spacial score (nSPS) is 10.3. The third kappa shape index (κ3) is 3.11. The third-order valence-corrected chi connectivity index (χ3v) is 3.31. The Bertz CT molecular complexity index is 856. The molecule has 0 aliphatic heterocycles. The van der Waals surface area contributed by atoms with E-state index < -0.39 is 5.91 Å². The summed E-state index contributed by atoms with van der Waals surface area (Å²) in [5.41, 5.74) is 7.17. The van der Waals surface area contributed by atoms with Crippen molar-refractivity contribution in [3.8, 4) is 5.69 Å². The van der Waals surface area contributed by atoms with Crippen molar-refractivity contribution in [1.82, 2.24) is 9.78 Å². The molecule has 0 saturated heterocycles. The van der Waals surface area contributed by atoms with Gasteiger partial charge in [-0.3, -0.25) is 9.59 Å². The number of hydrogen-bond donors (Lipinski definition) is 2. The largest absolute Gasteiger partial charge is 0.366 e. The van der Waals surface area contributed by atoms with E-state index in [9.17, 15) is 9.59 Å². The van der Waals surface area contributed by atoms with E-state index in [0.717, 1.165) is 5.69 Å². The number of rotatable bonds is 4. The van der Waals surface area contributed by atoms with Crippen molar-refractivity contribution in [3.63, 3.8) is 0 Å². The lowest BCUT2D eigenvalue weighted by Crippen LogP contribution is -2.17. The van der Waals surface area contributed by atoms with Crippen LogP contribution in [0.15, 0.2) is 67.0 Å². The average Bonchev–Trinajstić information content (AvgIpc) is 3.06. The fraction of sp³-hybridized carbons (Fsp3) is 0. The number of nitrogens with one attached hydrogen (secondary N) is 1. The van der Waals surface area contributed by atoms with Gasteiger partial charge in [0.05, 0.1) is 28.7 Å². The Kier molecular flexibility index (Phi) is 3.88. The molecule has 3 N–H and O–H groups in total. The smallest absolute Gasteiger partial charge is 0.258 e. The van der Waals surface area contributed by atoms with Gasteiger partial charge in [0.1, 0.15) is 0 Å². The van der Waals surface area contributed by atoms with Crippen LogP contribution < -0.4 is 11.1 Å². The van der Waals surface area contributed by atoms with Crippen LogP contribution in [0.5, 0.6) is 0 Å². The van der Waals surface area contributed by atoms with Crippen molar-refractivity contribution in [3.05, 3.63) is 78.1 Å². The van der Waals surface area contributed by atoms with Crippen molar-refractivity contribution < 1.29 is 9.59 Å². The molecule has 23 heavy (non-hydrogen) atoms. The summed E-state index contributed by atoms with van der Waals surface area (Å²) in [5.74, 6) is -0.957. The van der Waals surface area contributed by atoms with E-state index in [4.69, 9.17) is 5.73 Å². The molecule has 1 heterocycles. The monoisotopic (exact) mass is 306 g/mol. The summed E-state index contributed by atoms with van der Waals surface area (Å²) in [5, 5.41) is 6.85. The Balaban J connectivity index is 1.83. The number of anilines is 1. The minimum atomic E-state index is -0.596. The molecule has 2 amide bonds. The zero-order chi connectivity index (χ0) is 16.2. The first-order chi connectivity index (χ1) is 11.1. The van der Waals surface area contributed by atoms with E-state index in [0.29, 0.717) is 11.3 Å². The summed E-state index contributed by atoms with van der Waals surface area (Å²) in [4.78, 5) is 23.7. The molecule has 0 atom stereocenters. The maximum absolute atomic E-state index is 12.3. The van der Waals surface area contributed by atoms with E-state index in [1.165, 1.54) is 6.20 Å². The first-order valence-electron chi connectivity index (χ1n) is 6.95. The van der Waals surface area contributed by atoms with Gasteiger partial charge in [0.15, 0.2) is 0 Å². The molecule has 114 valence electrons. The highest BCUT2D eigenvalue weighted by atomic mass is 16.2. The lowest BCUT2D eigenvalue weighted by molar-refractivity contribution is 0.100. The predicted octanol–water partition coefficient (Wildman–Crippen LogP) is 2.22. The van der Waals surface area contributed by atoms with Crippen molar-refractivity contribution in [2.75, 3.05) is 5.32 Å². The Hall–Kier alpha value is -3.41. The van der Waals surface area contributed by atoms with Gasteiger partial charge in [-0.05, 0) is 24.3 Å². The minimum Gasteiger partial charge on any atom is -0.366 e. The van der Waals surface area contributed by atoms with Gasteiger partial charge in [0, 0.05) is 6.20 Å². The second kappa shape index (κ2) is 6.15. The highest BCUT2D eigenvalue weighted by Gasteiger charge is 2.13. The number of aromatic nitrogens is 2. The number of benzene rings is 2. The first kappa shape index (κ1) is 14.5. The summed E-state index contributed by atoms with van der Waals surface area (Å²) in [6, 6.07) is 16.0. The molecule has 3 rings (SSSR count). The molecule has 0 bridgehead atoms. The fourth-order valence-corrected chi connectivity index (χ4v) is 2.16. The molecule has 6 heteroatoms. The fourth-order valence-electron chi connectivity index (χ4n) is 2.16. The number of hydrogen-bond acceptors (Lipinski definition) is 3. The quantitative estimate of drug-likeness (QED) is 0.774. The topological polar surface area (TPSA) is 90.0 Å². The molecule has 0 saturated carbocycles. The molecule has 6 nitrogen and oxygen atoms in total. The van der Waals surface area contributed by atoms with Crippen LogP contribution in [-0.4, -0.2) is 21.6 Å². The molecule has 1 aromatic heterocycles. The van der Waals surface area contributed by atoms with Crippen molar-refractivity contribution >= 4 is 17.5 Å². The summed E-state index contributed by atoms with van der Waals surface area (Å²) >= 11 is 0. The molecule has 3 aromatic rings. The molecule has 0 spiro atoms. The van der Waals surface area contributed by atoms with Crippen LogP contribution in [0.1, 0.15) is 20.7 Å². The van der Waals surface area contributed by atoms with E-state index >= 15 is 0 Å². The lowest BCUT2D eigenvalue weighted by atomic mass is 10.1. The molecule has 0 radical (unpaired) electrons. The maximum Gasteiger partial charge on any atom is 0.258 e. The Morgan fingerprint density at radius 1 is 1.00 bits per heavy atom. The van der Waals surface area contributed by atoms with Gasteiger partial charge in [0.25, 0.3) is 11.8 Å². The van der Waals surface area contributed by atoms with Crippen LogP contribution in [-0.2, 0) is 0 Å². The van der Waals surface area contributed by atoms with Gasteiger partial charge in [-0.2, -0.15) is 5.10 Å². The predicted molar refractivity (Wildman–Crippen MR) is 86.5 cm³/mol. The lowest BCUT2D eigenvalue weighted by Gasteiger charge is -2.07. The van der Waals surface area contributed by atoms with Crippen LogP contribution in [0.3, 0.4) is 0 Å². The zero-order valence-corrected chi connectivity index (χ0v) is 12.1. The number of nitrogens with two attached hydrogens (primary N) is 1. The highest BCUT2D eigenvalue weighted by molar-refractivity contribution is 6.08. The number of carbonyl (C=O) groups is 2. The molecular formula is C17H14N4O2. The zero-order valence-electron chi connectivity index (χ0n) is 12.1. The molecule has 0 fully saturated rings. The van der Waals surface area contributed by atoms with Crippen molar-refractivity contribution in [1.29, 1.82) is 0 Å². The maximum atomic E-state index is 12.3. The van der Waals surface area contributed by atoms with Crippen LogP contribution >= 0.6 is 0 Å². The number of primary amides is 1. The van der Waals surface area contributed by atoms with Gasteiger partial charge < -0.3 is 11.1 Å². The first-order valence-corrected chi connectivity index (χ1v) is 6.95. The van der Waals surface area contributed by atoms with E-state index in [-0.39, 0.29) is 11.5 Å². The van der Waals surface area contributed by atoms with Crippen molar-refractivity contribution in [2.45, 2.75) is 0 Å². The SMILES string of the molecule is NC(=O)c1ccccc1NC(=O)c1cnn(-c2ccccc2)c1. The average molecular weight is 306 g/mol. The second-order valence-corrected chi connectivity index (χ2v) is 4.87. The van der Waals surface area contributed by atoms with E-state index in [1.54, 1.807) is 35.1 Å². The van der Waals surface area contributed by atoms with Crippen LogP contribution in [0.25, 0.3) is 5.69 Å². The van der Waals surface area contributed by atoms with Gasteiger partial charge in [-0.1, -0.05) is 30.3 Å². The molecule has 0 unspecified atom stereocenters. The summed E-state index contributed by atoms with van der Waals surface area (Å²) in [6.07, 6.45) is 3.09. The highest BCUT2D eigenvalue weighted by Crippen LogP contribution is 2.16. The van der Waals surface area contributed by atoms with Crippen LogP contribution in [0.4, 0.5) is 5.69 Å². The van der Waals surface area contributed by atoms with E-state index in [2.05, 4.69) is 10.4 Å². The summed E-state index contributed by atoms with van der Waals surface area (Å²) in [6.45, 7) is 0. The Morgan fingerprint density at radius 2 is 1.70 bits per heavy atom. The summed E-state index contributed by atoms with van der Waals surface area (Å²) < 4.78 is 1.61. The van der Waals surface area contributed by atoms with Gasteiger partial charge in [-0.15, -0.1) is 0 Å². The van der Waals surface area contributed by atoms with Gasteiger partial charge in [0.2, 0.25) is 0 Å². The van der Waals surface area contributed by atoms with Crippen LogP contribution in [0, 0.1) is 0 Å². The summed E-state index contributed by atoms with van der Waals surface area (Å²) in [7, 11) is 0. The number of para-hydroxylation sites is 2. The molecule has 0 aliphatic carbocycles. The standard InChI is InChI=1S/C17H14N4O2/c18-16(22)14-8-4-5-9-15(14)20-17(23)12-10-19-21(11-12)13-6-2-1-3-7-13/h1-11H,(H2,18,22)(H,20,23). The van der Waals surface area contributed by atoms with Gasteiger partial charge >= 0.3 is 0 Å². The Labute approximate surface area is 132 Å². The minimum absolute atomic E-state index is 0.260. The molecular weight excluding hydrogens is 292 g/mol. The van der Waals surface area contributed by atoms with Crippen molar-refractivity contribution in [2.24, 2.45) is 5.73 Å². The van der Waals surface area contributed by atoms with E-state index in [1.807, 2.05) is 30.3 Å².